The van der Waals surface area contributed by atoms with Crippen LogP contribution >= 0.6 is 46.5 Å². The van der Waals surface area contributed by atoms with Crippen molar-refractivity contribution < 1.29 is 19.5 Å². The highest BCUT2D eigenvalue weighted by atomic mass is 35.5. The van der Waals surface area contributed by atoms with Gasteiger partial charge in [0.2, 0.25) is 6.04 Å². The molecule has 2 aliphatic rings. The molecule has 1 unspecified atom stereocenters. The Balaban J connectivity index is 1.31. The van der Waals surface area contributed by atoms with E-state index in [4.69, 9.17) is 23.1 Å². The molecule has 3 aromatic rings. The highest BCUT2D eigenvalue weighted by molar-refractivity contribution is 8.02. The number of carboxylic acid groups (broad SMARTS) is 1. The van der Waals surface area contributed by atoms with E-state index in [1.807, 2.05) is 0 Å². The Labute approximate surface area is 229 Å². The van der Waals surface area contributed by atoms with E-state index in [2.05, 4.69) is 35.6 Å². The third-order valence-corrected chi connectivity index (χ3v) is 8.58. The Morgan fingerprint density at radius 1 is 1.37 bits per heavy atom. The first kappa shape index (κ1) is 25.9. The number of halogens is 1. The van der Waals surface area contributed by atoms with Gasteiger partial charge in [-0.25, -0.2) is 19.7 Å². The molecular formula is C19H15ClN10O5S3. The van der Waals surface area contributed by atoms with Gasteiger partial charge in [0.15, 0.2) is 15.9 Å². The van der Waals surface area contributed by atoms with Crippen molar-refractivity contribution in [2.24, 2.45) is 5.18 Å². The summed E-state index contributed by atoms with van der Waals surface area (Å²) < 4.78 is 0.0267. The van der Waals surface area contributed by atoms with Gasteiger partial charge in [0.25, 0.3) is 11.8 Å². The van der Waals surface area contributed by atoms with E-state index in [0.717, 1.165) is 28.0 Å². The van der Waals surface area contributed by atoms with Crippen molar-refractivity contribution in [2.75, 3.05) is 17.2 Å². The molecule has 19 heteroatoms. The number of hydrogen-bond donors (Lipinski definition) is 5. The Hall–Kier alpha value is -3.74. The predicted octanol–water partition coefficient (Wildman–Crippen LogP) is 1.48. The molecule has 5 heterocycles. The summed E-state index contributed by atoms with van der Waals surface area (Å²) in [5, 5.41) is 23.5. The summed E-state index contributed by atoms with van der Waals surface area (Å²) in [7, 11) is 0. The third-order valence-electron chi connectivity index (χ3n) is 5.50. The number of β-lactam (4-membered cyclic amide) rings is 1. The lowest BCUT2D eigenvalue weighted by atomic mass is 10.0. The first-order valence-corrected chi connectivity index (χ1v) is 13.6. The number of anilines is 2. The number of fused-ring (bicyclic) bond motifs is 2. The normalized spacial score (nSPS) is 19.9. The summed E-state index contributed by atoms with van der Waals surface area (Å²) in [5.74, 6) is -2.39. The number of aromatic nitrogens is 5. The molecule has 5 rings (SSSR count). The van der Waals surface area contributed by atoms with Crippen LogP contribution in [0.1, 0.15) is 11.7 Å². The quantitative estimate of drug-likeness (QED) is 0.108. The molecule has 0 saturated carbocycles. The van der Waals surface area contributed by atoms with Gasteiger partial charge in [0.1, 0.15) is 33.0 Å². The van der Waals surface area contributed by atoms with Gasteiger partial charge in [-0.2, -0.15) is 5.10 Å². The predicted molar refractivity (Wildman–Crippen MR) is 141 cm³/mol. The minimum atomic E-state index is -1.62. The van der Waals surface area contributed by atoms with Crippen molar-refractivity contribution in [3.63, 3.8) is 0 Å². The number of nitroso groups, excluding NO2 is 1. The maximum atomic E-state index is 12.9. The van der Waals surface area contributed by atoms with E-state index in [9.17, 15) is 24.4 Å². The van der Waals surface area contributed by atoms with Crippen LogP contribution in [-0.2, 0) is 14.4 Å². The smallest absolute Gasteiger partial charge is 0.352 e. The molecule has 38 heavy (non-hydrogen) atoms. The number of thiazole rings is 1. The largest absolute Gasteiger partial charge is 0.477 e. The van der Waals surface area contributed by atoms with Gasteiger partial charge in [-0.15, -0.1) is 16.7 Å². The second-order valence-corrected chi connectivity index (χ2v) is 11.3. The molecule has 0 bridgehead atoms. The molecule has 196 valence electrons. The molecule has 1 saturated heterocycles. The summed E-state index contributed by atoms with van der Waals surface area (Å²) in [4.78, 5) is 62.5. The molecule has 2 amide bonds. The summed E-state index contributed by atoms with van der Waals surface area (Å²) in [6.45, 7) is 0. The van der Waals surface area contributed by atoms with Crippen molar-refractivity contribution in [2.45, 2.75) is 22.6 Å². The first-order chi connectivity index (χ1) is 18.2. The van der Waals surface area contributed by atoms with Crippen molar-refractivity contribution >= 4 is 86.2 Å². The van der Waals surface area contributed by atoms with Crippen molar-refractivity contribution in [3.8, 4) is 0 Å². The van der Waals surface area contributed by atoms with Crippen LogP contribution in [-0.4, -0.2) is 70.1 Å². The molecule has 0 spiro atoms. The summed E-state index contributed by atoms with van der Waals surface area (Å²) >= 11 is 9.21. The van der Waals surface area contributed by atoms with Crippen LogP contribution < -0.4 is 16.8 Å². The number of carbonyl (C=O) groups is 3. The van der Waals surface area contributed by atoms with Crippen LogP contribution in [0.4, 0.5) is 10.9 Å². The fourth-order valence-corrected chi connectivity index (χ4v) is 6.73. The minimum absolute atomic E-state index is 0.0267. The maximum Gasteiger partial charge on any atom is 0.352 e. The minimum Gasteiger partial charge on any atom is -0.477 e. The second kappa shape index (κ2) is 10.2. The molecular weight excluding hydrogens is 580 g/mol. The molecule has 0 aliphatic carbocycles. The Morgan fingerprint density at radius 3 is 2.84 bits per heavy atom. The zero-order valence-corrected chi connectivity index (χ0v) is 21.9. The number of carboxylic acids is 1. The second-order valence-electron chi connectivity index (χ2n) is 7.74. The number of thioether (sulfide) groups is 2. The fourth-order valence-electron chi connectivity index (χ4n) is 3.79. The number of aromatic amines is 1. The van der Waals surface area contributed by atoms with Crippen LogP contribution in [0.3, 0.4) is 0 Å². The van der Waals surface area contributed by atoms with E-state index < -0.39 is 35.2 Å². The molecule has 0 radical (unpaired) electrons. The average molecular weight is 595 g/mol. The van der Waals surface area contributed by atoms with Crippen LogP contribution in [0.2, 0.25) is 4.34 Å². The summed E-state index contributed by atoms with van der Waals surface area (Å²) in [6.07, 6.45) is 3.06. The Morgan fingerprint density at radius 2 is 2.16 bits per heavy atom. The molecule has 1 fully saturated rings. The zero-order valence-electron chi connectivity index (χ0n) is 18.7. The summed E-state index contributed by atoms with van der Waals surface area (Å²) in [5.41, 5.74) is 12.0. The zero-order chi connectivity index (χ0) is 27.1. The number of nitrogens with two attached hydrogens (primary N) is 2. The molecule has 15 nitrogen and oxygen atoms in total. The molecule has 2 aliphatic heterocycles. The Kier molecular flexibility index (Phi) is 6.95. The lowest BCUT2D eigenvalue weighted by Crippen LogP contribution is -2.70. The highest BCUT2D eigenvalue weighted by Gasteiger charge is 2.54. The number of nitrogen functional groups attached to an aromatic ring is 2. The van der Waals surface area contributed by atoms with Gasteiger partial charge in [0.05, 0.1) is 11.6 Å². The number of hydrogen-bond acceptors (Lipinski definition) is 14. The van der Waals surface area contributed by atoms with Gasteiger partial charge in [0, 0.05) is 5.75 Å². The van der Waals surface area contributed by atoms with E-state index in [1.165, 1.54) is 18.0 Å². The number of rotatable bonds is 8. The van der Waals surface area contributed by atoms with Gasteiger partial charge >= 0.3 is 5.97 Å². The van der Waals surface area contributed by atoms with E-state index in [1.54, 1.807) is 11.5 Å². The molecule has 0 aromatic carbocycles. The van der Waals surface area contributed by atoms with Crippen molar-refractivity contribution in [3.05, 3.63) is 43.9 Å². The lowest BCUT2D eigenvalue weighted by molar-refractivity contribution is -0.150. The average Bonchev–Trinajstić information content (AvgIpc) is 3.48. The highest BCUT2D eigenvalue weighted by Crippen LogP contribution is 2.41. The van der Waals surface area contributed by atoms with Gasteiger partial charge in [-0.05, 0) is 22.2 Å². The number of nitrogens with one attached hydrogen (secondary N) is 2. The topological polar surface area (TPSA) is 236 Å². The number of aliphatic carboxylic acids is 1. The van der Waals surface area contributed by atoms with Gasteiger partial charge in [-0.3, -0.25) is 19.6 Å². The third kappa shape index (κ3) is 4.55. The Bertz CT molecular complexity index is 1550. The molecule has 7 N–H and O–H groups in total. The number of H-pyrrole nitrogens is 1. The standard InChI is InChI=1S/C19H15ClN10O5S3/c20-11-7(25-18(22)38-11)8(29-35)14(31)24-9-15(32)30-10(17(33)34)5(4-37-16(9)30)1-2-36-19-26-12(21)6-3-23-28-13(6)27-19/h1-3,8-9,16H,4H2,(H2,22,25)(H,24,31)(H,33,34)(H3,21,23,26,27,28)/t8?,9-,16-/m1/s1. The first-order valence-electron chi connectivity index (χ1n) is 10.4. The van der Waals surface area contributed by atoms with Crippen LogP contribution in [0, 0.1) is 4.91 Å². The van der Waals surface area contributed by atoms with Crippen molar-refractivity contribution in [1.82, 2.24) is 35.4 Å². The number of allylic oxidation sites excluding steroid dienone is 1. The molecule has 3 atom stereocenters. The summed E-state index contributed by atoms with van der Waals surface area (Å²) in [6, 6.07) is -2.69. The van der Waals surface area contributed by atoms with Crippen LogP contribution in [0.5, 0.6) is 0 Å². The van der Waals surface area contributed by atoms with Crippen LogP contribution in [0.15, 0.2) is 39.3 Å². The van der Waals surface area contributed by atoms with Crippen molar-refractivity contribution in [1.29, 1.82) is 0 Å². The SMILES string of the molecule is Nc1nc(C(N=O)C(=O)N[C@@H]2C(=O)N3C(C(=O)O)=C(C=CSc4nc(N)c5cn[nH]c5n4)CS[C@H]23)c(Cl)s1. The fraction of sp³-hybridized carbons (Fsp3) is 0.211. The van der Waals surface area contributed by atoms with Crippen LogP contribution in [0.25, 0.3) is 11.0 Å². The lowest BCUT2D eigenvalue weighted by Gasteiger charge is -2.49. The molecule has 3 aromatic heterocycles. The monoisotopic (exact) mass is 594 g/mol. The van der Waals surface area contributed by atoms with E-state index in [0.29, 0.717) is 21.8 Å². The maximum absolute atomic E-state index is 12.9. The number of amides is 2. The van der Waals surface area contributed by atoms with Gasteiger partial charge in [-0.1, -0.05) is 34.7 Å². The van der Waals surface area contributed by atoms with E-state index in [-0.39, 0.29) is 32.4 Å². The van der Waals surface area contributed by atoms with E-state index >= 15 is 0 Å². The van der Waals surface area contributed by atoms with Gasteiger partial charge < -0.3 is 21.9 Å². The number of nitrogens with zero attached hydrogens (tertiary/aromatic N) is 6. The number of carbonyl (C=O) groups excluding carboxylic acids is 2.